The van der Waals surface area contributed by atoms with Crippen LogP contribution in [0.2, 0.25) is 0 Å². The monoisotopic (exact) mass is 350 g/mol. The first kappa shape index (κ1) is 15.2. The number of ether oxygens (including phenoxy) is 1. The minimum absolute atomic E-state index is 0.0952. The van der Waals surface area contributed by atoms with Crippen LogP contribution in [0, 0.1) is 0 Å². The molecule has 2 aromatic rings. The molecule has 0 aliphatic rings. The van der Waals surface area contributed by atoms with Crippen molar-refractivity contribution in [2.75, 3.05) is 0 Å². The van der Waals surface area contributed by atoms with Gasteiger partial charge in [0.1, 0.15) is 11.4 Å². The highest BCUT2D eigenvalue weighted by atomic mass is 79.9. The van der Waals surface area contributed by atoms with Crippen LogP contribution in [0.5, 0.6) is 11.8 Å². The van der Waals surface area contributed by atoms with Crippen LogP contribution >= 0.6 is 15.9 Å². The zero-order chi connectivity index (χ0) is 15.4. The molecule has 7 heteroatoms. The summed E-state index contributed by atoms with van der Waals surface area (Å²) >= 11 is 3.44. The Labute approximate surface area is 130 Å². The molecule has 0 unspecified atom stereocenters. The van der Waals surface area contributed by atoms with Gasteiger partial charge in [-0.15, -0.1) is 0 Å². The zero-order valence-electron chi connectivity index (χ0n) is 11.6. The van der Waals surface area contributed by atoms with Crippen LogP contribution in [-0.2, 0) is 0 Å². The molecule has 0 bridgehead atoms. The van der Waals surface area contributed by atoms with E-state index in [0.29, 0.717) is 11.4 Å². The normalized spacial score (nSPS) is 11.7. The number of benzene rings is 1. The fourth-order valence-corrected chi connectivity index (χ4v) is 2.12. The van der Waals surface area contributed by atoms with Crippen molar-refractivity contribution in [1.82, 2.24) is 9.97 Å². The number of hydrogen-bond acceptors (Lipinski definition) is 5. The molecular formula is C14H15BrN4O2. The summed E-state index contributed by atoms with van der Waals surface area (Å²) in [7, 11) is 0. The highest BCUT2D eigenvalue weighted by molar-refractivity contribution is 9.10. The minimum Gasteiger partial charge on any atom is -0.424 e. The molecular weight excluding hydrogens is 336 g/mol. The first-order chi connectivity index (χ1) is 10.0. The van der Waals surface area contributed by atoms with Crippen molar-refractivity contribution in [3.63, 3.8) is 0 Å². The van der Waals surface area contributed by atoms with Crippen molar-refractivity contribution in [3.05, 3.63) is 46.2 Å². The summed E-state index contributed by atoms with van der Waals surface area (Å²) in [4.78, 5) is 8.14. The molecule has 0 saturated carbocycles. The van der Waals surface area contributed by atoms with Gasteiger partial charge in [-0.3, -0.25) is 0 Å². The Hall–Kier alpha value is -2.15. The predicted molar refractivity (Wildman–Crippen MR) is 82.8 cm³/mol. The summed E-state index contributed by atoms with van der Waals surface area (Å²) in [6.45, 7) is 4.14. The van der Waals surface area contributed by atoms with E-state index in [1.54, 1.807) is 0 Å². The molecule has 110 valence electrons. The summed E-state index contributed by atoms with van der Waals surface area (Å²) in [5.41, 5.74) is 6.83. The minimum atomic E-state index is -0.0952. The molecule has 0 atom stereocenters. The van der Waals surface area contributed by atoms with Crippen LogP contribution in [0.15, 0.2) is 40.1 Å². The second-order valence-corrected chi connectivity index (χ2v) is 5.56. The van der Waals surface area contributed by atoms with Gasteiger partial charge in [0.15, 0.2) is 5.84 Å². The number of halogens is 1. The van der Waals surface area contributed by atoms with E-state index in [9.17, 15) is 0 Å². The lowest BCUT2D eigenvalue weighted by Crippen LogP contribution is -2.15. The van der Waals surface area contributed by atoms with Crippen LogP contribution in [0.4, 0.5) is 0 Å². The van der Waals surface area contributed by atoms with E-state index in [1.165, 1.54) is 12.3 Å². The highest BCUT2D eigenvalue weighted by Crippen LogP contribution is 2.31. The van der Waals surface area contributed by atoms with Gasteiger partial charge in [0.05, 0.1) is 0 Å². The van der Waals surface area contributed by atoms with E-state index in [-0.39, 0.29) is 17.8 Å². The number of rotatable bonds is 4. The molecule has 3 N–H and O–H groups in total. The van der Waals surface area contributed by atoms with Gasteiger partial charge in [-0.25, -0.2) is 4.98 Å². The van der Waals surface area contributed by atoms with Crippen molar-refractivity contribution in [2.45, 2.75) is 19.8 Å². The van der Waals surface area contributed by atoms with Gasteiger partial charge < -0.3 is 15.7 Å². The Balaban J connectivity index is 2.34. The van der Waals surface area contributed by atoms with E-state index >= 15 is 0 Å². The number of nitrogens with zero attached hydrogens (tertiary/aromatic N) is 3. The summed E-state index contributed by atoms with van der Waals surface area (Å²) in [5, 5.41) is 11.6. The standard InChI is InChI=1S/C14H15BrN4O2/c1-8(2)10-7-9(15)3-4-12(10)21-14-17-6-5-11(18-14)13(16)19-20/h3-8,20H,1-2H3,(H2,16,19). The molecule has 2 rings (SSSR count). The summed E-state index contributed by atoms with van der Waals surface area (Å²) in [5.74, 6) is 0.858. The van der Waals surface area contributed by atoms with Crippen LogP contribution in [0.1, 0.15) is 31.0 Å². The van der Waals surface area contributed by atoms with Crippen molar-refractivity contribution < 1.29 is 9.94 Å². The third kappa shape index (κ3) is 3.69. The second kappa shape index (κ2) is 6.53. The third-order valence-corrected chi connectivity index (χ3v) is 3.29. The van der Waals surface area contributed by atoms with E-state index in [0.717, 1.165) is 10.0 Å². The number of oxime groups is 1. The fraction of sp³-hybridized carbons (Fsp3) is 0.214. The van der Waals surface area contributed by atoms with Crippen molar-refractivity contribution in [3.8, 4) is 11.8 Å². The maximum atomic E-state index is 8.67. The summed E-state index contributed by atoms with van der Waals surface area (Å²) in [6, 6.07) is 7.40. The van der Waals surface area contributed by atoms with E-state index in [4.69, 9.17) is 15.7 Å². The molecule has 0 spiro atoms. The van der Waals surface area contributed by atoms with Crippen LogP contribution in [0.25, 0.3) is 0 Å². The maximum Gasteiger partial charge on any atom is 0.322 e. The first-order valence-corrected chi connectivity index (χ1v) is 7.08. The third-order valence-electron chi connectivity index (χ3n) is 2.80. The first-order valence-electron chi connectivity index (χ1n) is 6.29. The van der Waals surface area contributed by atoms with Crippen LogP contribution in [0.3, 0.4) is 0 Å². The summed E-state index contributed by atoms with van der Waals surface area (Å²) < 4.78 is 6.70. The Morgan fingerprint density at radius 1 is 1.38 bits per heavy atom. The Kier molecular flexibility index (Phi) is 4.74. The number of nitrogens with two attached hydrogens (primary N) is 1. The van der Waals surface area contributed by atoms with Crippen molar-refractivity contribution in [2.24, 2.45) is 10.9 Å². The van der Waals surface area contributed by atoms with Crippen LogP contribution in [-0.4, -0.2) is 21.0 Å². The van der Waals surface area contributed by atoms with Crippen LogP contribution < -0.4 is 10.5 Å². The SMILES string of the molecule is CC(C)c1cc(Br)ccc1Oc1nccc(/C(N)=N/O)n1. The van der Waals surface area contributed by atoms with Gasteiger partial charge >= 0.3 is 6.01 Å². The molecule has 0 saturated heterocycles. The second-order valence-electron chi connectivity index (χ2n) is 4.65. The predicted octanol–water partition coefficient (Wildman–Crippen LogP) is 3.25. The van der Waals surface area contributed by atoms with Crippen molar-refractivity contribution >= 4 is 21.8 Å². The topological polar surface area (TPSA) is 93.6 Å². The molecule has 21 heavy (non-hydrogen) atoms. The van der Waals surface area contributed by atoms with Gasteiger partial charge in [0.25, 0.3) is 0 Å². The molecule has 1 heterocycles. The lowest BCUT2D eigenvalue weighted by atomic mass is 10.0. The maximum absolute atomic E-state index is 8.67. The quantitative estimate of drug-likeness (QED) is 0.382. The van der Waals surface area contributed by atoms with Gasteiger partial charge in [0.2, 0.25) is 0 Å². The Morgan fingerprint density at radius 2 is 2.14 bits per heavy atom. The van der Waals surface area contributed by atoms with Gasteiger partial charge in [-0.2, -0.15) is 4.98 Å². The lowest BCUT2D eigenvalue weighted by Gasteiger charge is -2.13. The summed E-state index contributed by atoms with van der Waals surface area (Å²) in [6.07, 6.45) is 1.49. The van der Waals surface area contributed by atoms with E-state index in [1.807, 2.05) is 18.2 Å². The average Bonchev–Trinajstić information content (AvgIpc) is 2.48. The molecule has 1 aromatic heterocycles. The smallest absolute Gasteiger partial charge is 0.322 e. The molecule has 0 aliphatic heterocycles. The number of aromatic nitrogens is 2. The molecule has 0 radical (unpaired) electrons. The molecule has 0 amide bonds. The Morgan fingerprint density at radius 3 is 2.81 bits per heavy atom. The average molecular weight is 351 g/mol. The molecule has 0 aliphatic carbocycles. The van der Waals surface area contributed by atoms with Gasteiger partial charge in [0, 0.05) is 10.7 Å². The molecule has 1 aromatic carbocycles. The lowest BCUT2D eigenvalue weighted by molar-refractivity contribution is 0.318. The van der Waals surface area contributed by atoms with E-state index in [2.05, 4.69) is 44.9 Å². The molecule has 0 fully saturated rings. The van der Waals surface area contributed by atoms with Gasteiger partial charge in [-0.05, 0) is 35.7 Å². The van der Waals surface area contributed by atoms with Gasteiger partial charge in [-0.1, -0.05) is 34.9 Å². The highest BCUT2D eigenvalue weighted by Gasteiger charge is 2.12. The fourth-order valence-electron chi connectivity index (χ4n) is 1.75. The Bertz CT molecular complexity index is 674. The number of hydrogen-bond donors (Lipinski definition) is 2. The zero-order valence-corrected chi connectivity index (χ0v) is 13.2. The molecule has 6 nitrogen and oxygen atoms in total. The van der Waals surface area contributed by atoms with Crippen molar-refractivity contribution in [1.29, 1.82) is 0 Å². The number of amidine groups is 1. The van der Waals surface area contributed by atoms with E-state index < -0.39 is 0 Å². The largest absolute Gasteiger partial charge is 0.424 e.